The highest BCUT2D eigenvalue weighted by Crippen LogP contribution is 2.27. The molecule has 0 heterocycles. The van der Waals surface area contributed by atoms with E-state index in [2.05, 4.69) is 15.8 Å². The summed E-state index contributed by atoms with van der Waals surface area (Å²) >= 11 is 0. The smallest absolute Gasteiger partial charge is 0.329 e. The third-order valence-electron chi connectivity index (χ3n) is 4.21. The van der Waals surface area contributed by atoms with Crippen molar-refractivity contribution in [2.75, 3.05) is 12.4 Å². The molecule has 0 spiro atoms. The monoisotopic (exact) mass is 405 g/mol. The summed E-state index contributed by atoms with van der Waals surface area (Å²) in [5.41, 5.74) is 3.37. The standard InChI is InChI=1S/C23H23N3O4/c1-15(2)30-20-13-12-16-8-4-5-9-17(16)18(20)14-24-26-23(28)22(27)25-19-10-6-7-11-21(19)29-3/h4-15H,1-3H3,(H,25,27)(H,26,28)/b24-14-. The van der Waals surface area contributed by atoms with Crippen molar-refractivity contribution in [1.29, 1.82) is 0 Å². The fraction of sp³-hybridized carbons (Fsp3) is 0.174. The summed E-state index contributed by atoms with van der Waals surface area (Å²) in [5, 5.41) is 8.40. The lowest BCUT2D eigenvalue weighted by molar-refractivity contribution is -0.136. The summed E-state index contributed by atoms with van der Waals surface area (Å²) in [4.78, 5) is 24.3. The minimum absolute atomic E-state index is 0.0282. The normalized spacial score (nSPS) is 10.9. The topological polar surface area (TPSA) is 89.0 Å². The van der Waals surface area contributed by atoms with Gasteiger partial charge in [-0.1, -0.05) is 42.5 Å². The second-order valence-corrected chi connectivity index (χ2v) is 6.72. The molecule has 0 saturated carbocycles. The second-order valence-electron chi connectivity index (χ2n) is 6.72. The second kappa shape index (κ2) is 9.56. The van der Waals surface area contributed by atoms with Crippen molar-refractivity contribution in [3.8, 4) is 11.5 Å². The molecule has 0 atom stereocenters. The Labute approximate surface area is 174 Å². The molecule has 0 aromatic heterocycles. The number of benzene rings is 3. The number of nitrogens with zero attached hydrogens (tertiary/aromatic N) is 1. The predicted octanol–water partition coefficient (Wildman–Crippen LogP) is 3.72. The highest BCUT2D eigenvalue weighted by Gasteiger charge is 2.15. The van der Waals surface area contributed by atoms with Crippen LogP contribution in [0.25, 0.3) is 10.8 Å². The van der Waals surface area contributed by atoms with Gasteiger partial charge in [-0.05, 0) is 42.8 Å². The van der Waals surface area contributed by atoms with Crippen LogP contribution >= 0.6 is 0 Å². The SMILES string of the molecule is COc1ccccc1NC(=O)C(=O)N/N=C\c1c(OC(C)C)ccc2ccccc12. The molecule has 154 valence electrons. The molecule has 7 heteroatoms. The van der Waals surface area contributed by atoms with Gasteiger partial charge >= 0.3 is 11.8 Å². The maximum atomic E-state index is 12.2. The van der Waals surface area contributed by atoms with Gasteiger partial charge in [0.2, 0.25) is 0 Å². The molecule has 30 heavy (non-hydrogen) atoms. The number of nitrogens with one attached hydrogen (secondary N) is 2. The fourth-order valence-electron chi connectivity index (χ4n) is 2.90. The number of carbonyl (C=O) groups excluding carboxylic acids is 2. The first-order valence-electron chi connectivity index (χ1n) is 9.45. The first kappa shape index (κ1) is 20.9. The molecular formula is C23H23N3O4. The van der Waals surface area contributed by atoms with E-state index in [9.17, 15) is 9.59 Å². The molecule has 3 aromatic carbocycles. The van der Waals surface area contributed by atoms with Crippen LogP contribution in [0.15, 0.2) is 65.8 Å². The highest BCUT2D eigenvalue weighted by atomic mass is 16.5. The zero-order valence-electron chi connectivity index (χ0n) is 17.0. The molecule has 2 N–H and O–H groups in total. The molecule has 3 rings (SSSR count). The number of amides is 2. The molecule has 0 aliphatic heterocycles. The molecule has 0 bridgehead atoms. The van der Waals surface area contributed by atoms with Crippen molar-refractivity contribution in [2.24, 2.45) is 5.10 Å². The van der Waals surface area contributed by atoms with Crippen LogP contribution < -0.4 is 20.2 Å². The quantitative estimate of drug-likeness (QED) is 0.372. The van der Waals surface area contributed by atoms with Crippen LogP contribution in [0, 0.1) is 0 Å². The molecule has 0 saturated heterocycles. The first-order valence-corrected chi connectivity index (χ1v) is 9.45. The number of fused-ring (bicyclic) bond motifs is 1. The molecule has 2 amide bonds. The van der Waals surface area contributed by atoms with Crippen LogP contribution in [-0.4, -0.2) is 31.2 Å². The van der Waals surface area contributed by atoms with Crippen molar-refractivity contribution in [1.82, 2.24) is 5.43 Å². The van der Waals surface area contributed by atoms with E-state index >= 15 is 0 Å². The lowest BCUT2D eigenvalue weighted by atomic mass is 10.0. The van der Waals surface area contributed by atoms with Gasteiger partial charge in [0.1, 0.15) is 11.5 Å². The minimum atomic E-state index is -0.899. The predicted molar refractivity (Wildman–Crippen MR) is 117 cm³/mol. The number of hydrogen-bond acceptors (Lipinski definition) is 5. The van der Waals surface area contributed by atoms with Gasteiger partial charge in [-0.25, -0.2) is 5.43 Å². The van der Waals surface area contributed by atoms with Crippen molar-refractivity contribution in [2.45, 2.75) is 20.0 Å². The Morgan fingerprint density at radius 3 is 2.43 bits per heavy atom. The van der Waals surface area contributed by atoms with Crippen molar-refractivity contribution < 1.29 is 19.1 Å². The average Bonchev–Trinajstić information content (AvgIpc) is 2.74. The summed E-state index contributed by atoms with van der Waals surface area (Å²) in [7, 11) is 1.48. The van der Waals surface area contributed by atoms with E-state index < -0.39 is 11.8 Å². The average molecular weight is 405 g/mol. The molecule has 7 nitrogen and oxygen atoms in total. The first-order chi connectivity index (χ1) is 14.5. The van der Waals surface area contributed by atoms with Crippen LogP contribution in [-0.2, 0) is 9.59 Å². The maximum absolute atomic E-state index is 12.2. The van der Waals surface area contributed by atoms with E-state index in [-0.39, 0.29) is 6.10 Å². The Kier molecular flexibility index (Phi) is 6.64. The summed E-state index contributed by atoms with van der Waals surface area (Å²) < 4.78 is 11.0. The Bertz CT molecular complexity index is 1090. The van der Waals surface area contributed by atoms with Gasteiger partial charge in [0.25, 0.3) is 0 Å². The zero-order chi connectivity index (χ0) is 21.5. The van der Waals surface area contributed by atoms with Crippen LogP contribution in [0.1, 0.15) is 19.4 Å². The molecular weight excluding hydrogens is 382 g/mol. The molecule has 0 aliphatic rings. The lowest BCUT2D eigenvalue weighted by Gasteiger charge is -2.14. The van der Waals surface area contributed by atoms with Gasteiger partial charge in [0.05, 0.1) is 25.1 Å². The maximum Gasteiger partial charge on any atom is 0.329 e. The molecule has 0 fully saturated rings. The number of para-hydroxylation sites is 2. The Morgan fingerprint density at radius 2 is 1.67 bits per heavy atom. The van der Waals surface area contributed by atoms with E-state index in [1.165, 1.54) is 13.3 Å². The Morgan fingerprint density at radius 1 is 0.933 bits per heavy atom. The van der Waals surface area contributed by atoms with Gasteiger partial charge in [-0.2, -0.15) is 5.10 Å². The number of carbonyl (C=O) groups is 2. The molecule has 0 unspecified atom stereocenters. The molecule has 3 aromatic rings. The molecule has 0 aliphatic carbocycles. The number of rotatable bonds is 6. The van der Waals surface area contributed by atoms with Gasteiger partial charge in [0.15, 0.2) is 0 Å². The van der Waals surface area contributed by atoms with E-state index in [1.807, 2.05) is 50.2 Å². The molecule has 0 radical (unpaired) electrons. The highest BCUT2D eigenvalue weighted by molar-refractivity contribution is 6.39. The van der Waals surface area contributed by atoms with E-state index in [4.69, 9.17) is 9.47 Å². The summed E-state index contributed by atoms with van der Waals surface area (Å²) in [6.07, 6.45) is 1.45. The minimum Gasteiger partial charge on any atom is -0.495 e. The number of hydrogen-bond donors (Lipinski definition) is 2. The number of ether oxygens (including phenoxy) is 2. The Hall–Kier alpha value is -3.87. The van der Waals surface area contributed by atoms with Gasteiger partial charge in [0, 0.05) is 5.56 Å². The van der Waals surface area contributed by atoms with Crippen LogP contribution in [0.2, 0.25) is 0 Å². The number of methoxy groups -OCH3 is 1. The van der Waals surface area contributed by atoms with Gasteiger partial charge in [-0.15, -0.1) is 0 Å². The fourth-order valence-corrected chi connectivity index (χ4v) is 2.90. The Balaban J connectivity index is 1.76. The third kappa shape index (κ3) is 4.94. The van der Waals surface area contributed by atoms with Crippen molar-refractivity contribution >= 4 is 34.5 Å². The number of hydrazone groups is 1. The summed E-state index contributed by atoms with van der Waals surface area (Å²) in [5.74, 6) is -0.662. The van der Waals surface area contributed by atoms with Gasteiger partial charge < -0.3 is 14.8 Å². The van der Waals surface area contributed by atoms with Crippen LogP contribution in [0.3, 0.4) is 0 Å². The van der Waals surface area contributed by atoms with E-state index in [0.29, 0.717) is 22.7 Å². The summed E-state index contributed by atoms with van der Waals surface area (Å²) in [6, 6.07) is 18.4. The number of anilines is 1. The third-order valence-corrected chi connectivity index (χ3v) is 4.21. The van der Waals surface area contributed by atoms with Crippen molar-refractivity contribution in [3.63, 3.8) is 0 Å². The van der Waals surface area contributed by atoms with E-state index in [0.717, 1.165) is 10.8 Å². The lowest BCUT2D eigenvalue weighted by Crippen LogP contribution is -2.32. The van der Waals surface area contributed by atoms with Crippen LogP contribution in [0.4, 0.5) is 5.69 Å². The van der Waals surface area contributed by atoms with Gasteiger partial charge in [-0.3, -0.25) is 9.59 Å². The van der Waals surface area contributed by atoms with Crippen LogP contribution in [0.5, 0.6) is 11.5 Å². The summed E-state index contributed by atoms with van der Waals surface area (Å²) in [6.45, 7) is 3.86. The van der Waals surface area contributed by atoms with Crippen molar-refractivity contribution in [3.05, 3.63) is 66.2 Å². The van der Waals surface area contributed by atoms with E-state index in [1.54, 1.807) is 24.3 Å². The zero-order valence-corrected chi connectivity index (χ0v) is 17.0. The largest absolute Gasteiger partial charge is 0.495 e.